The lowest BCUT2D eigenvalue weighted by molar-refractivity contribution is 0.0900. The molecule has 1 amide bonds. The van der Waals surface area contributed by atoms with Gasteiger partial charge in [0.25, 0.3) is 5.91 Å². The van der Waals surface area contributed by atoms with Crippen LogP contribution in [0.2, 0.25) is 5.02 Å². The van der Waals surface area contributed by atoms with E-state index in [0.29, 0.717) is 22.9 Å². The highest BCUT2D eigenvalue weighted by Crippen LogP contribution is 2.21. The largest absolute Gasteiger partial charge is 0.467 e. The van der Waals surface area contributed by atoms with Gasteiger partial charge in [-0.2, -0.15) is 0 Å². The molecule has 0 saturated carbocycles. The summed E-state index contributed by atoms with van der Waals surface area (Å²) in [7, 11) is 0. The molecule has 0 spiro atoms. The van der Waals surface area contributed by atoms with Crippen LogP contribution in [0.5, 0.6) is 0 Å². The maximum Gasteiger partial charge on any atom is 0.254 e. The van der Waals surface area contributed by atoms with E-state index < -0.39 is 0 Å². The Kier molecular flexibility index (Phi) is 9.56. The molecule has 1 unspecified atom stereocenters. The molecule has 1 aromatic heterocycles. The van der Waals surface area contributed by atoms with Gasteiger partial charge in [-0.05, 0) is 43.1 Å². The number of amides is 1. The number of nitrogens with zero attached hydrogens (tertiary/aromatic N) is 1. The van der Waals surface area contributed by atoms with Gasteiger partial charge in [0, 0.05) is 24.2 Å². The van der Waals surface area contributed by atoms with Crippen LogP contribution in [0, 0.1) is 5.82 Å². The van der Waals surface area contributed by atoms with Crippen molar-refractivity contribution in [3.8, 4) is 0 Å². The number of nitrogens with one attached hydrogen (secondary N) is 1. The first-order valence-corrected chi connectivity index (χ1v) is 8.67. The van der Waals surface area contributed by atoms with E-state index >= 15 is 0 Å². The van der Waals surface area contributed by atoms with Crippen molar-refractivity contribution < 1.29 is 13.6 Å². The number of halogens is 4. The SMILES string of the molecule is Cl.Cl.NCc1cc(C(=O)NC2CCCN(Cc3ccc(F)cc3Cl)C2)co1. The average molecular weight is 439 g/mol. The normalized spacial score (nSPS) is 16.9. The monoisotopic (exact) mass is 437 g/mol. The number of hydrogen-bond acceptors (Lipinski definition) is 4. The van der Waals surface area contributed by atoms with Crippen LogP contribution in [-0.4, -0.2) is 29.9 Å². The van der Waals surface area contributed by atoms with E-state index in [0.717, 1.165) is 31.5 Å². The molecule has 150 valence electrons. The van der Waals surface area contributed by atoms with Gasteiger partial charge in [-0.3, -0.25) is 9.69 Å². The second-order valence-electron chi connectivity index (χ2n) is 6.29. The Morgan fingerprint density at radius 2 is 2.15 bits per heavy atom. The van der Waals surface area contributed by atoms with E-state index in [1.165, 1.54) is 18.4 Å². The van der Waals surface area contributed by atoms with Crippen LogP contribution in [-0.2, 0) is 13.1 Å². The summed E-state index contributed by atoms with van der Waals surface area (Å²) >= 11 is 6.11. The molecule has 27 heavy (non-hydrogen) atoms. The first-order valence-electron chi connectivity index (χ1n) is 8.30. The van der Waals surface area contributed by atoms with Crippen molar-refractivity contribution in [2.24, 2.45) is 5.73 Å². The molecule has 0 aliphatic carbocycles. The second-order valence-corrected chi connectivity index (χ2v) is 6.70. The van der Waals surface area contributed by atoms with Crippen LogP contribution < -0.4 is 11.1 Å². The molecular weight excluding hydrogens is 416 g/mol. The lowest BCUT2D eigenvalue weighted by atomic mass is 10.0. The Morgan fingerprint density at radius 1 is 1.37 bits per heavy atom. The number of hydrogen-bond donors (Lipinski definition) is 2. The Bertz CT molecular complexity index is 757. The van der Waals surface area contributed by atoms with Crippen molar-refractivity contribution in [1.82, 2.24) is 10.2 Å². The van der Waals surface area contributed by atoms with Gasteiger partial charge in [0.1, 0.15) is 17.8 Å². The summed E-state index contributed by atoms with van der Waals surface area (Å²) in [5.74, 6) is 0.0889. The Hall–Kier alpha value is -1.31. The molecule has 3 rings (SSSR count). The Labute approximate surface area is 175 Å². The third kappa shape index (κ3) is 6.36. The number of piperidine rings is 1. The number of carbonyl (C=O) groups is 1. The fraction of sp³-hybridized carbons (Fsp3) is 0.389. The smallest absolute Gasteiger partial charge is 0.254 e. The van der Waals surface area contributed by atoms with E-state index in [4.69, 9.17) is 21.8 Å². The summed E-state index contributed by atoms with van der Waals surface area (Å²) in [5, 5.41) is 3.47. The zero-order valence-electron chi connectivity index (χ0n) is 14.6. The van der Waals surface area contributed by atoms with Crippen molar-refractivity contribution in [2.45, 2.75) is 32.0 Å². The Balaban J connectivity index is 0.00000182. The number of furan rings is 1. The van der Waals surface area contributed by atoms with Crippen molar-refractivity contribution in [2.75, 3.05) is 13.1 Å². The van der Waals surface area contributed by atoms with Crippen LogP contribution in [0.25, 0.3) is 0 Å². The molecule has 5 nitrogen and oxygen atoms in total. The van der Waals surface area contributed by atoms with E-state index in [1.54, 1.807) is 12.1 Å². The van der Waals surface area contributed by atoms with E-state index in [1.807, 2.05) is 0 Å². The van der Waals surface area contributed by atoms with Gasteiger partial charge in [-0.1, -0.05) is 17.7 Å². The van der Waals surface area contributed by atoms with Crippen molar-refractivity contribution in [3.05, 3.63) is 58.3 Å². The molecule has 1 fully saturated rings. The zero-order valence-corrected chi connectivity index (χ0v) is 17.0. The van der Waals surface area contributed by atoms with Crippen LogP contribution in [0.1, 0.15) is 34.5 Å². The summed E-state index contributed by atoms with van der Waals surface area (Å²) < 4.78 is 18.4. The van der Waals surface area contributed by atoms with Crippen molar-refractivity contribution in [1.29, 1.82) is 0 Å². The van der Waals surface area contributed by atoms with Crippen LogP contribution in [0.3, 0.4) is 0 Å². The zero-order chi connectivity index (χ0) is 17.8. The predicted molar refractivity (Wildman–Crippen MR) is 108 cm³/mol. The highest BCUT2D eigenvalue weighted by molar-refractivity contribution is 6.31. The minimum absolute atomic E-state index is 0. The molecular formula is C18H23Cl3FN3O2. The number of carbonyl (C=O) groups excluding carboxylic acids is 1. The number of nitrogens with two attached hydrogens (primary N) is 1. The molecule has 3 N–H and O–H groups in total. The minimum atomic E-state index is -0.338. The fourth-order valence-electron chi connectivity index (χ4n) is 3.08. The summed E-state index contributed by atoms with van der Waals surface area (Å²) in [4.78, 5) is 14.5. The number of benzene rings is 1. The molecule has 1 aliphatic rings. The highest BCUT2D eigenvalue weighted by Gasteiger charge is 2.23. The van der Waals surface area contributed by atoms with Crippen molar-refractivity contribution >= 4 is 42.3 Å². The van der Waals surface area contributed by atoms with Gasteiger partial charge in [-0.25, -0.2) is 4.39 Å². The summed E-state index contributed by atoms with van der Waals surface area (Å²) in [5.41, 5.74) is 6.87. The third-order valence-electron chi connectivity index (χ3n) is 4.37. The molecule has 1 atom stereocenters. The fourth-order valence-corrected chi connectivity index (χ4v) is 3.31. The lowest BCUT2D eigenvalue weighted by Crippen LogP contribution is -2.47. The standard InChI is InChI=1S/C18H21ClFN3O2.2ClH/c19-17-7-14(20)4-3-12(17)9-23-5-1-2-15(10-23)22-18(24)13-6-16(8-21)25-11-13;;/h3-4,6-7,11,15H,1-2,5,8-10,21H2,(H,22,24);2*1H. The molecule has 1 aliphatic heterocycles. The third-order valence-corrected chi connectivity index (χ3v) is 4.72. The van der Waals surface area contributed by atoms with E-state index in [-0.39, 0.29) is 49.1 Å². The van der Waals surface area contributed by atoms with E-state index in [9.17, 15) is 9.18 Å². The average Bonchev–Trinajstić information content (AvgIpc) is 3.07. The first-order chi connectivity index (χ1) is 12.0. The number of likely N-dealkylation sites (tertiary alicyclic amines) is 1. The predicted octanol–water partition coefficient (Wildman–Crippen LogP) is 3.77. The maximum atomic E-state index is 13.2. The molecule has 1 saturated heterocycles. The maximum absolute atomic E-state index is 13.2. The van der Waals surface area contributed by atoms with E-state index in [2.05, 4.69) is 10.2 Å². The van der Waals surface area contributed by atoms with Gasteiger partial charge >= 0.3 is 0 Å². The highest BCUT2D eigenvalue weighted by atomic mass is 35.5. The lowest BCUT2D eigenvalue weighted by Gasteiger charge is -2.33. The first kappa shape index (κ1) is 23.7. The Morgan fingerprint density at radius 3 is 2.81 bits per heavy atom. The topological polar surface area (TPSA) is 71.5 Å². The van der Waals surface area contributed by atoms with Crippen LogP contribution in [0.4, 0.5) is 4.39 Å². The minimum Gasteiger partial charge on any atom is -0.467 e. The molecule has 2 aromatic rings. The summed E-state index contributed by atoms with van der Waals surface area (Å²) in [6, 6.07) is 6.16. The second kappa shape index (κ2) is 10.9. The van der Waals surface area contributed by atoms with Gasteiger partial charge < -0.3 is 15.5 Å². The molecule has 9 heteroatoms. The molecule has 2 heterocycles. The van der Waals surface area contributed by atoms with Crippen LogP contribution >= 0.6 is 36.4 Å². The number of rotatable bonds is 5. The van der Waals surface area contributed by atoms with Crippen LogP contribution in [0.15, 0.2) is 34.9 Å². The molecule has 1 aromatic carbocycles. The molecule has 0 bridgehead atoms. The van der Waals surface area contributed by atoms with Crippen molar-refractivity contribution in [3.63, 3.8) is 0 Å². The van der Waals surface area contributed by atoms with Gasteiger partial charge in [0.05, 0.1) is 12.1 Å². The van der Waals surface area contributed by atoms with Gasteiger partial charge in [0.2, 0.25) is 0 Å². The van der Waals surface area contributed by atoms with Gasteiger partial charge in [0.15, 0.2) is 0 Å². The van der Waals surface area contributed by atoms with Gasteiger partial charge in [-0.15, -0.1) is 24.8 Å². The summed E-state index contributed by atoms with van der Waals surface area (Å²) in [6.45, 7) is 2.54. The molecule has 0 radical (unpaired) electrons. The summed E-state index contributed by atoms with van der Waals surface area (Å²) in [6.07, 6.45) is 3.32. The quantitative estimate of drug-likeness (QED) is 0.745.